The third-order valence-corrected chi connectivity index (χ3v) is 6.24. The fourth-order valence-electron chi connectivity index (χ4n) is 1.08. The van der Waals surface area contributed by atoms with Crippen LogP contribution in [0.3, 0.4) is 0 Å². The SMILES string of the molecule is NCCCC(O)(P(=O)(O)O)P(=O)(O)O.N[C@@H](CC(=O)O)C(=O)O. The van der Waals surface area contributed by atoms with Gasteiger partial charge in [-0.3, -0.25) is 18.7 Å². The van der Waals surface area contributed by atoms with Gasteiger partial charge >= 0.3 is 27.1 Å². The Labute approximate surface area is 130 Å². The molecule has 0 rings (SSSR count). The molecular formula is C8H20N2O11P2. The van der Waals surface area contributed by atoms with E-state index in [1.54, 1.807) is 0 Å². The van der Waals surface area contributed by atoms with Crippen LogP contribution in [-0.2, 0) is 18.7 Å². The minimum atomic E-state index is -5.30. The molecule has 0 saturated carbocycles. The molecule has 0 fully saturated rings. The van der Waals surface area contributed by atoms with Crippen LogP contribution in [-0.4, -0.2) is 64.5 Å². The van der Waals surface area contributed by atoms with Gasteiger partial charge in [-0.2, -0.15) is 0 Å². The lowest BCUT2D eigenvalue weighted by Gasteiger charge is -2.28. The van der Waals surface area contributed by atoms with E-state index in [4.69, 9.17) is 41.3 Å². The van der Waals surface area contributed by atoms with Gasteiger partial charge in [0.15, 0.2) is 0 Å². The summed E-state index contributed by atoms with van der Waals surface area (Å²) in [6.07, 6.45) is -1.39. The highest BCUT2D eigenvalue weighted by Gasteiger charge is 2.58. The topological polar surface area (TPSA) is 262 Å². The monoisotopic (exact) mass is 382 g/mol. The predicted molar refractivity (Wildman–Crippen MR) is 75.2 cm³/mol. The van der Waals surface area contributed by atoms with E-state index in [-0.39, 0.29) is 13.0 Å². The van der Waals surface area contributed by atoms with E-state index < -0.39 is 51.1 Å². The maximum atomic E-state index is 10.7. The highest BCUT2D eigenvalue weighted by atomic mass is 31.2. The van der Waals surface area contributed by atoms with E-state index >= 15 is 0 Å². The van der Waals surface area contributed by atoms with Crippen LogP contribution in [0.5, 0.6) is 0 Å². The van der Waals surface area contributed by atoms with Gasteiger partial charge in [-0.05, 0) is 13.0 Å². The Balaban J connectivity index is 0. The highest BCUT2D eigenvalue weighted by Crippen LogP contribution is 2.69. The maximum Gasteiger partial charge on any atom is 0.369 e. The molecule has 0 bridgehead atoms. The average Bonchev–Trinajstić information content (AvgIpc) is 2.32. The molecular weight excluding hydrogens is 362 g/mol. The van der Waals surface area contributed by atoms with Crippen molar-refractivity contribution in [2.24, 2.45) is 11.5 Å². The summed E-state index contributed by atoms with van der Waals surface area (Å²) in [7, 11) is -10.6. The van der Waals surface area contributed by atoms with Gasteiger partial charge in [-0.25, -0.2) is 0 Å². The summed E-state index contributed by atoms with van der Waals surface area (Å²) in [5, 5.41) is 21.9. The zero-order valence-corrected chi connectivity index (χ0v) is 13.5. The van der Waals surface area contributed by atoms with Crippen molar-refractivity contribution in [1.29, 1.82) is 0 Å². The normalized spacial score (nSPS) is 13.7. The number of aliphatic carboxylic acids is 2. The van der Waals surface area contributed by atoms with E-state index in [0.29, 0.717) is 0 Å². The molecule has 0 amide bonds. The number of carboxylic acid groups (broad SMARTS) is 2. The summed E-state index contributed by atoms with van der Waals surface area (Å²) in [5.74, 6) is -2.50. The molecule has 11 N–H and O–H groups in total. The fourth-order valence-corrected chi connectivity index (χ4v) is 3.33. The first-order valence-corrected chi connectivity index (χ1v) is 9.06. The van der Waals surface area contributed by atoms with Crippen molar-refractivity contribution in [3.8, 4) is 0 Å². The zero-order valence-electron chi connectivity index (χ0n) is 11.7. The molecule has 1 atom stereocenters. The lowest BCUT2D eigenvalue weighted by atomic mass is 10.2. The Kier molecular flexibility index (Phi) is 9.99. The molecule has 0 aliphatic rings. The fraction of sp³-hybridized carbons (Fsp3) is 0.750. The van der Waals surface area contributed by atoms with Crippen molar-refractivity contribution in [2.75, 3.05) is 6.54 Å². The second kappa shape index (κ2) is 9.42. The molecule has 0 aromatic rings. The largest absolute Gasteiger partial charge is 0.481 e. The highest BCUT2D eigenvalue weighted by molar-refractivity contribution is 7.72. The van der Waals surface area contributed by atoms with Crippen molar-refractivity contribution in [2.45, 2.75) is 30.4 Å². The molecule has 0 aliphatic heterocycles. The predicted octanol–water partition coefficient (Wildman–Crippen LogP) is -2.40. The summed E-state index contributed by atoms with van der Waals surface area (Å²) < 4.78 is 21.4. The van der Waals surface area contributed by atoms with Crippen LogP contribution in [0.15, 0.2) is 0 Å². The lowest BCUT2D eigenvalue weighted by molar-refractivity contribution is -0.144. The van der Waals surface area contributed by atoms with Gasteiger partial charge in [0.05, 0.1) is 6.42 Å². The summed E-state index contributed by atoms with van der Waals surface area (Å²) in [5.41, 5.74) is 9.84. The van der Waals surface area contributed by atoms with E-state index in [1.807, 2.05) is 0 Å². The van der Waals surface area contributed by atoms with Gasteiger partial charge in [0.25, 0.3) is 5.08 Å². The zero-order chi connectivity index (χ0) is 19.1. The smallest absolute Gasteiger partial charge is 0.369 e. The third-order valence-electron chi connectivity index (χ3n) is 2.36. The van der Waals surface area contributed by atoms with E-state index in [2.05, 4.69) is 0 Å². The van der Waals surface area contributed by atoms with Crippen LogP contribution in [0.2, 0.25) is 0 Å². The molecule has 0 heterocycles. The second-order valence-corrected chi connectivity index (χ2v) is 8.31. The van der Waals surface area contributed by atoms with Gasteiger partial charge in [-0.1, -0.05) is 0 Å². The third kappa shape index (κ3) is 8.51. The molecule has 13 nitrogen and oxygen atoms in total. The Morgan fingerprint density at radius 3 is 1.61 bits per heavy atom. The number of carboxylic acids is 2. The molecule has 0 aliphatic carbocycles. The van der Waals surface area contributed by atoms with E-state index in [1.165, 1.54) is 0 Å². The molecule has 0 aromatic carbocycles. The van der Waals surface area contributed by atoms with Gasteiger partial charge < -0.3 is 46.4 Å². The number of aliphatic hydroxyl groups is 1. The van der Waals surface area contributed by atoms with Crippen LogP contribution in [0, 0.1) is 0 Å². The lowest BCUT2D eigenvalue weighted by Crippen LogP contribution is -2.32. The number of rotatable bonds is 8. The minimum Gasteiger partial charge on any atom is -0.481 e. The quantitative estimate of drug-likeness (QED) is 0.198. The van der Waals surface area contributed by atoms with Crippen LogP contribution in [0.1, 0.15) is 19.3 Å². The number of hydrogen-bond donors (Lipinski definition) is 9. The van der Waals surface area contributed by atoms with Gasteiger partial charge in [0.1, 0.15) is 6.04 Å². The van der Waals surface area contributed by atoms with Crippen LogP contribution in [0.4, 0.5) is 0 Å². The first kappa shape index (κ1) is 24.4. The molecule has 15 heteroatoms. The summed E-state index contributed by atoms with van der Waals surface area (Å²) in [6, 6.07) is -1.29. The molecule has 138 valence electrons. The molecule has 23 heavy (non-hydrogen) atoms. The molecule has 0 spiro atoms. The Hall–Kier alpha value is -0.880. The summed E-state index contributed by atoms with van der Waals surface area (Å²) >= 11 is 0. The van der Waals surface area contributed by atoms with Crippen LogP contribution < -0.4 is 11.5 Å². The van der Waals surface area contributed by atoms with E-state index in [0.717, 1.165) is 0 Å². The van der Waals surface area contributed by atoms with Crippen LogP contribution in [0.25, 0.3) is 0 Å². The molecule has 0 aromatic heterocycles. The second-order valence-electron chi connectivity index (χ2n) is 4.30. The first-order valence-electron chi connectivity index (χ1n) is 5.84. The van der Waals surface area contributed by atoms with Gasteiger partial charge in [-0.15, -0.1) is 0 Å². The first-order chi connectivity index (χ1) is 10.1. The van der Waals surface area contributed by atoms with E-state index in [9.17, 15) is 23.8 Å². The van der Waals surface area contributed by atoms with Crippen molar-refractivity contribution in [3.05, 3.63) is 0 Å². The Morgan fingerprint density at radius 1 is 1.04 bits per heavy atom. The maximum absolute atomic E-state index is 10.7. The number of carbonyl (C=O) groups is 2. The van der Waals surface area contributed by atoms with Crippen molar-refractivity contribution in [1.82, 2.24) is 0 Å². The van der Waals surface area contributed by atoms with Crippen molar-refractivity contribution < 1.29 is 53.6 Å². The Bertz CT molecular complexity index is 476. The van der Waals surface area contributed by atoms with Crippen molar-refractivity contribution in [3.63, 3.8) is 0 Å². The molecule has 0 saturated heterocycles. The van der Waals surface area contributed by atoms with Gasteiger partial charge in [0.2, 0.25) is 0 Å². The molecule has 0 unspecified atom stereocenters. The summed E-state index contributed by atoms with van der Waals surface area (Å²) in [6.45, 7) is -0.0394. The van der Waals surface area contributed by atoms with Gasteiger partial charge in [0, 0.05) is 6.42 Å². The number of hydrogen-bond acceptors (Lipinski definition) is 7. The number of nitrogens with two attached hydrogens (primary N) is 2. The average molecular weight is 382 g/mol. The van der Waals surface area contributed by atoms with Crippen molar-refractivity contribution >= 4 is 27.1 Å². The minimum absolute atomic E-state index is 0.0394. The molecule has 0 radical (unpaired) electrons. The standard InChI is InChI=1S/C4H13NO7P2.C4H7NO4/c5-3-1-2-4(6,13(7,8)9)14(10,11)12;5-2(4(8)9)1-3(6)7/h6H,1-3,5H2,(H2,7,8,9)(H2,10,11,12);2H,1,5H2,(H,6,7)(H,8,9)/t;2-/m.0/s1. The Morgan fingerprint density at radius 2 is 1.43 bits per heavy atom. The summed E-state index contributed by atoms with van der Waals surface area (Å²) in [4.78, 5) is 54.1. The van der Waals surface area contributed by atoms with Crippen LogP contribution >= 0.6 is 15.2 Å².